The van der Waals surface area contributed by atoms with E-state index in [0.717, 1.165) is 23.5 Å². The van der Waals surface area contributed by atoms with Gasteiger partial charge in [-0.05, 0) is 49.9 Å². The van der Waals surface area contributed by atoms with Gasteiger partial charge in [0.15, 0.2) is 5.82 Å². The first-order chi connectivity index (χ1) is 17.6. The van der Waals surface area contributed by atoms with Crippen LogP contribution in [0.1, 0.15) is 58.3 Å². The Bertz CT molecular complexity index is 1340. The van der Waals surface area contributed by atoms with E-state index in [1.807, 2.05) is 25.1 Å². The van der Waals surface area contributed by atoms with E-state index < -0.39 is 0 Å². The third kappa shape index (κ3) is 6.25. The lowest BCUT2D eigenvalue weighted by molar-refractivity contribution is 0.0415. The molecule has 0 aromatic carbocycles. The van der Waals surface area contributed by atoms with Crippen LogP contribution in [0.3, 0.4) is 0 Å². The van der Waals surface area contributed by atoms with Crippen LogP contribution in [0.5, 0.6) is 0 Å². The van der Waals surface area contributed by atoms with Gasteiger partial charge in [0, 0.05) is 18.1 Å². The summed E-state index contributed by atoms with van der Waals surface area (Å²) in [6, 6.07) is 9.28. The molecule has 0 saturated heterocycles. The van der Waals surface area contributed by atoms with E-state index in [1.54, 1.807) is 30.7 Å². The Balaban J connectivity index is 1.21. The quantitative estimate of drug-likeness (QED) is 0.327. The van der Waals surface area contributed by atoms with Crippen LogP contribution < -0.4 is 5.32 Å². The number of thiazole rings is 1. The predicted molar refractivity (Wildman–Crippen MR) is 137 cm³/mol. The molecule has 4 heterocycles. The second kappa shape index (κ2) is 11.3. The van der Waals surface area contributed by atoms with Gasteiger partial charge in [-0.1, -0.05) is 25.3 Å². The maximum atomic E-state index is 12.4. The number of aromatic nitrogens is 6. The van der Waals surface area contributed by atoms with Crippen molar-refractivity contribution in [2.45, 2.75) is 45.4 Å². The summed E-state index contributed by atoms with van der Waals surface area (Å²) in [4.78, 5) is 39.7. The number of hydrogen-bond acceptors (Lipinski definition) is 10. The molecule has 9 nitrogen and oxygen atoms in total. The normalized spacial score (nSPS) is 13.9. The monoisotopic (exact) mass is 501 g/mol. The van der Waals surface area contributed by atoms with Gasteiger partial charge in [-0.2, -0.15) is 0 Å². The summed E-state index contributed by atoms with van der Waals surface area (Å²) in [5.74, 6) is 2.51. The maximum Gasteiger partial charge on any atom is 0.349 e. The van der Waals surface area contributed by atoms with Crippen molar-refractivity contribution < 1.29 is 9.53 Å². The lowest BCUT2D eigenvalue weighted by Crippen LogP contribution is -2.16. The number of nitrogens with one attached hydrogen (secondary N) is 1. The molecule has 0 spiro atoms. The molecular formula is C26H27N7O2S. The molecule has 0 bridgehead atoms. The zero-order valence-corrected chi connectivity index (χ0v) is 20.9. The minimum absolute atomic E-state index is 0.302. The standard InChI is InChI=1S/C26H27N7O2S/c1-17-6-5-9-19(30-17)25-28-13-11-22(33-25)31-21-10-12-27-23(32-21)14-24-29-15-20(36-24)26(34)35-16-18-7-3-2-4-8-18/h5-6,9-13,15,18H,2-4,7-8,14,16H2,1H3,(H,27,28,31,32,33). The molecule has 1 aliphatic carbocycles. The predicted octanol–water partition coefficient (Wildman–Crippen LogP) is 5.17. The van der Waals surface area contributed by atoms with Gasteiger partial charge in [-0.3, -0.25) is 0 Å². The number of anilines is 2. The van der Waals surface area contributed by atoms with Crippen molar-refractivity contribution >= 4 is 28.9 Å². The third-order valence-electron chi connectivity index (χ3n) is 5.97. The molecule has 1 fully saturated rings. The fraction of sp³-hybridized carbons (Fsp3) is 0.346. The Morgan fingerprint density at radius 2 is 1.81 bits per heavy atom. The Labute approximate surface area is 213 Å². The van der Waals surface area contributed by atoms with Crippen molar-refractivity contribution in [1.29, 1.82) is 0 Å². The van der Waals surface area contributed by atoms with Crippen molar-refractivity contribution in [2.24, 2.45) is 5.92 Å². The number of ether oxygens (including phenoxy) is 1. The number of pyridine rings is 1. The van der Waals surface area contributed by atoms with Gasteiger partial charge in [0.2, 0.25) is 0 Å². The molecule has 4 aromatic rings. The van der Waals surface area contributed by atoms with Crippen LogP contribution in [-0.4, -0.2) is 42.5 Å². The summed E-state index contributed by atoms with van der Waals surface area (Å²) >= 11 is 1.32. The second-order valence-electron chi connectivity index (χ2n) is 8.81. The van der Waals surface area contributed by atoms with E-state index in [0.29, 0.717) is 52.8 Å². The minimum Gasteiger partial charge on any atom is -0.461 e. The zero-order valence-electron chi connectivity index (χ0n) is 20.1. The van der Waals surface area contributed by atoms with Crippen molar-refractivity contribution in [3.8, 4) is 11.5 Å². The number of rotatable bonds is 8. The lowest BCUT2D eigenvalue weighted by Gasteiger charge is -2.20. The van der Waals surface area contributed by atoms with Gasteiger partial charge < -0.3 is 10.1 Å². The van der Waals surface area contributed by atoms with Crippen LogP contribution in [-0.2, 0) is 11.2 Å². The van der Waals surface area contributed by atoms with Gasteiger partial charge in [0.05, 0.1) is 19.2 Å². The van der Waals surface area contributed by atoms with Crippen LogP contribution in [0, 0.1) is 12.8 Å². The summed E-state index contributed by atoms with van der Waals surface area (Å²) in [6.07, 6.45) is 11.4. The Kier molecular flexibility index (Phi) is 7.51. The van der Waals surface area contributed by atoms with E-state index in [1.165, 1.54) is 30.6 Å². The highest BCUT2D eigenvalue weighted by Crippen LogP contribution is 2.25. The zero-order chi connectivity index (χ0) is 24.7. The number of esters is 1. The molecule has 184 valence electrons. The van der Waals surface area contributed by atoms with Crippen LogP contribution in [0.15, 0.2) is 48.9 Å². The molecular weight excluding hydrogens is 474 g/mol. The van der Waals surface area contributed by atoms with Gasteiger partial charge in [-0.25, -0.2) is 34.7 Å². The number of carbonyl (C=O) groups is 1. The van der Waals surface area contributed by atoms with Gasteiger partial charge in [0.25, 0.3) is 0 Å². The third-order valence-corrected chi connectivity index (χ3v) is 6.95. The van der Waals surface area contributed by atoms with Crippen molar-refractivity contribution in [2.75, 3.05) is 11.9 Å². The first kappa shape index (κ1) is 23.9. The molecule has 4 aromatic heterocycles. The number of hydrogen-bond donors (Lipinski definition) is 1. The summed E-state index contributed by atoms with van der Waals surface area (Å²) in [5, 5.41) is 3.96. The van der Waals surface area contributed by atoms with Gasteiger partial charge >= 0.3 is 5.97 Å². The van der Waals surface area contributed by atoms with Gasteiger partial charge in [0.1, 0.15) is 33.0 Å². The highest BCUT2D eigenvalue weighted by Gasteiger charge is 2.18. The molecule has 0 radical (unpaired) electrons. The topological polar surface area (TPSA) is 116 Å². The van der Waals surface area contributed by atoms with Crippen molar-refractivity contribution in [3.05, 3.63) is 70.3 Å². The van der Waals surface area contributed by atoms with Crippen LogP contribution >= 0.6 is 11.3 Å². The molecule has 1 N–H and O–H groups in total. The molecule has 1 aliphatic rings. The maximum absolute atomic E-state index is 12.4. The average Bonchev–Trinajstić information content (AvgIpc) is 3.37. The van der Waals surface area contributed by atoms with Crippen LogP contribution in [0.4, 0.5) is 11.6 Å². The van der Waals surface area contributed by atoms with E-state index in [4.69, 9.17) is 4.74 Å². The van der Waals surface area contributed by atoms with E-state index in [9.17, 15) is 4.79 Å². The SMILES string of the molecule is Cc1cccc(-c2nccc(Nc3ccnc(Cc4ncc(C(=O)OCC5CCCCC5)s4)n3)n2)n1. The van der Waals surface area contributed by atoms with E-state index >= 15 is 0 Å². The van der Waals surface area contributed by atoms with Gasteiger partial charge in [-0.15, -0.1) is 11.3 Å². The number of aryl methyl sites for hydroxylation is 1. The first-order valence-electron chi connectivity index (χ1n) is 12.1. The first-order valence-corrected chi connectivity index (χ1v) is 12.9. The fourth-order valence-corrected chi connectivity index (χ4v) is 4.95. The summed E-state index contributed by atoms with van der Waals surface area (Å²) in [6.45, 7) is 2.42. The molecule has 1 saturated carbocycles. The van der Waals surface area contributed by atoms with Crippen LogP contribution in [0.2, 0.25) is 0 Å². The Morgan fingerprint density at radius 3 is 2.64 bits per heavy atom. The Morgan fingerprint density at radius 1 is 1.00 bits per heavy atom. The molecule has 10 heteroatoms. The molecule has 0 aliphatic heterocycles. The molecule has 0 atom stereocenters. The second-order valence-corrected chi connectivity index (χ2v) is 9.93. The molecule has 36 heavy (non-hydrogen) atoms. The van der Waals surface area contributed by atoms with Crippen LogP contribution in [0.25, 0.3) is 11.5 Å². The highest BCUT2D eigenvalue weighted by molar-refractivity contribution is 7.13. The van der Waals surface area contributed by atoms with E-state index in [-0.39, 0.29) is 5.97 Å². The van der Waals surface area contributed by atoms with E-state index in [2.05, 4.69) is 35.2 Å². The largest absolute Gasteiger partial charge is 0.461 e. The number of carbonyl (C=O) groups excluding carboxylic acids is 1. The molecule has 0 amide bonds. The molecule has 0 unspecified atom stereocenters. The lowest BCUT2D eigenvalue weighted by atomic mass is 9.90. The Hall–Kier alpha value is -3.79. The van der Waals surface area contributed by atoms with Crippen molar-refractivity contribution in [1.82, 2.24) is 29.9 Å². The minimum atomic E-state index is -0.302. The summed E-state index contributed by atoms with van der Waals surface area (Å²) < 4.78 is 5.54. The molecule has 5 rings (SSSR count). The summed E-state index contributed by atoms with van der Waals surface area (Å²) in [5.41, 5.74) is 1.61. The van der Waals surface area contributed by atoms with Crippen molar-refractivity contribution in [3.63, 3.8) is 0 Å². The summed E-state index contributed by atoms with van der Waals surface area (Å²) in [7, 11) is 0. The smallest absolute Gasteiger partial charge is 0.349 e. The fourth-order valence-electron chi connectivity index (χ4n) is 4.14. The number of nitrogens with zero attached hydrogens (tertiary/aromatic N) is 6. The average molecular weight is 502 g/mol. The highest BCUT2D eigenvalue weighted by atomic mass is 32.1.